The normalized spacial score (nSPS) is 21.5. The predicted octanol–water partition coefficient (Wildman–Crippen LogP) is 6.86. The second-order valence-corrected chi connectivity index (χ2v) is 7.55. The minimum Gasteiger partial charge on any atom is -0.314 e. The zero-order valence-electron chi connectivity index (χ0n) is 15.7. The summed E-state index contributed by atoms with van der Waals surface area (Å²) in [5.41, 5.74) is 0. The van der Waals surface area contributed by atoms with E-state index in [1.54, 1.807) is 0 Å². The van der Waals surface area contributed by atoms with Gasteiger partial charge in [-0.1, -0.05) is 104 Å². The molecule has 2 atom stereocenters. The van der Waals surface area contributed by atoms with Crippen molar-refractivity contribution in [2.45, 2.75) is 123 Å². The molecule has 1 nitrogen and oxygen atoms in total. The Morgan fingerprint density at radius 2 is 1.18 bits per heavy atom. The van der Waals surface area contributed by atoms with E-state index >= 15 is 0 Å². The summed E-state index contributed by atoms with van der Waals surface area (Å²) in [6.45, 7) is 5.92. The molecule has 0 aromatic heterocycles. The third-order valence-corrected chi connectivity index (χ3v) is 5.63. The van der Waals surface area contributed by atoms with Crippen molar-refractivity contribution in [1.29, 1.82) is 0 Å². The Balaban J connectivity index is 1.75. The molecule has 1 heterocycles. The first kappa shape index (κ1) is 20.0. The molecular formula is C21H43N. The van der Waals surface area contributed by atoms with Gasteiger partial charge in [-0.05, 0) is 25.3 Å². The molecular weight excluding hydrogens is 266 g/mol. The Kier molecular flexibility index (Phi) is 13.2. The average Bonchev–Trinajstić information content (AvgIpc) is 2.99. The molecule has 1 saturated heterocycles. The number of rotatable bonds is 15. The lowest BCUT2D eigenvalue weighted by Crippen LogP contribution is -2.26. The standard InChI is InChI=1S/C21H43N/c1-3-5-6-7-8-9-10-11-12-13-14-15-16-17-21-20(4-2)18-19-22-21/h20-22H,3-19H2,1-2H3. The van der Waals surface area contributed by atoms with E-state index in [1.807, 2.05) is 0 Å². The fourth-order valence-corrected chi connectivity index (χ4v) is 4.03. The van der Waals surface area contributed by atoms with Crippen molar-refractivity contribution in [3.05, 3.63) is 0 Å². The van der Waals surface area contributed by atoms with Crippen LogP contribution in [0.1, 0.15) is 117 Å². The zero-order valence-corrected chi connectivity index (χ0v) is 15.7. The van der Waals surface area contributed by atoms with Crippen molar-refractivity contribution in [2.24, 2.45) is 5.92 Å². The second kappa shape index (κ2) is 14.5. The number of nitrogens with one attached hydrogen (secondary N) is 1. The summed E-state index contributed by atoms with van der Waals surface area (Å²) in [6.07, 6.45) is 23.2. The van der Waals surface area contributed by atoms with E-state index in [4.69, 9.17) is 0 Å². The first-order chi connectivity index (χ1) is 10.9. The van der Waals surface area contributed by atoms with Crippen LogP contribution in [-0.4, -0.2) is 12.6 Å². The molecule has 22 heavy (non-hydrogen) atoms. The second-order valence-electron chi connectivity index (χ2n) is 7.55. The van der Waals surface area contributed by atoms with Gasteiger partial charge in [0.25, 0.3) is 0 Å². The molecule has 1 aliphatic heterocycles. The molecule has 0 saturated carbocycles. The summed E-state index contributed by atoms with van der Waals surface area (Å²) in [5, 5.41) is 3.70. The topological polar surface area (TPSA) is 12.0 Å². The average molecular weight is 310 g/mol. The molecule has 0 aromatic rings. The largest absolute Gasteiger partial charge is 0.314 e. The van der Waals surface area contributed by atoms with Gasteiger partial charge in [0.2, 0.25) is 0 Å². The maximum absolute atomic E-state index is 3.70. The monoisotopic (exact) mass is 309 g/mol. The smallest absolute Gasteiger partial charge is 0.00956 e. The summed E-state index contributed by atoms with van der Waals surface area (Å²) < 4.78 is 0. The molecule has 0 aromatic carbocycles. The third-order valence-electron chi connectivity index (χ3n) is 5.63. The lowest BCUT2D eigenvalue weighted by atomic mass is 9.93. The van der Waals surface area contributed by atoms with Gasteiger partial charge < -0.3 is 5.32 Å². The quantitative estimate of drug-likeness (QED) is 0.326. The molecule has 1 N–H and O–H groups in total. The molecule has 1 aliphatic rings. The van der Waals surface area contributed by atoms with E-state index in [9.17, 15) is 0 Å². The van der Waals surface area contributed by atoms with Crippen LogP contribution in [0.25, 0.3) is 0 Å². The van der Waals surface area contributed by atoms with Gasteiger partial charge in [-0.15, -0.1) is 0 Å². The van der Waals surface area contributed by atoms with Gasteiger partial charge in [-0.25, -0.2) is 0 Å². The molecule has 1 rings (SSSR count). The van der Waals surface area contributed by atoms with E-state index in [1.165, 1.54) is 109 Å². The molecule has 2 unspecified atom stereocenters. The van der Waals surface area contributed by atoms with Crippen LogP contribution in [0.4, 0.5) is 0 Å². The number of unbranched alkanes of at least 4 members (excludes halogenated alkanes) is 12. The van der Waals surface area contributed by atoms with Gasteiger partial charge in [-0.3, -0.25) is 0 Å². The van der Waals surface area contributed by atoms with Crippen LogP contribution in [-0.2, 0) is 0 Å². The molecule has 0 bridgehead atoms. The molecule has 0 radical (unpaired) electrons. The molecule has 1 heteroatoms. The third kappa shape index (κ3) is 9.87. The summed E-state index contributed by atoms with van der Waals surface area (Å²) in [6, 6.07) is 0.845. The maximum atomic E-state index is 3.70. The van der Waals surface area contributed by atoms with Gasteiger partial charge in [0.05, 0.1) is 0 Å². The molecule has 132 valence electrons. The minimum absolute atomic E-state index is 0.845. The predicted molar refractivity (Wildman–Crippen MR) is 101 cm³/mol. The van der Waals surface area contributed by atoms with E-state index < -0.39 is 0 Å². The van der Waals surface area contributed by atoms with Crippen molar-refractivity contribution >= 4 is 0 Å². The van der Waals surface area contributed by atoms with Gasteiger partial charge in [0, 0.05) is 6.04 Å². The first-order valence-corrected chi connectivity index (χ1v) is 10.6. The highest BCUT2D eigenvalue weighted by Gasteiger charge is 2.23. The Bertz CT molecular complexity index is 226. The fraction of sp³-hybridized carbons (Fsp3) is 1.00. The summed E-state index contributed by atoms with van der Waals surface area (Å²) in [4.78, 5) is 0. The molecule has 0 aliphatic carbocycles. The van der Waals surface area contributed by atoms with Crippen LogP contribution in [0, 0.1) is 5.92 Å². The van der Waals surface area contributed by atoms with E-state index in [0.717, 1.165) is 12.0 Å². The highest BCUT2D eigenvalue weighted by molar-refractivity contribution is 4.82. The summed E-state index contributed by atoms with van der Waals surface area (Å²) >= 11 is 0. The van der Waals surface area contributed by atoms with Gasteiger partial charge in [0.15, 0.2) is 0 Å². The van der Waals surface area contributed by atoms with Crippen molar-refractivity contribution in [1.82, 2.24) is 5.32 Å². The highest BCUT2D eigenvalue weighted by Crippen LogP contribution is 2.23. The lowest BCUT2D eigenvalue weighted by molar-refractivity contribution is 0.396. The van der Waals surface area contributed by atoms with Crippen molar-refractivity contribution < 1.29 is 0 Å². The highest BCUT2D eigenvalue weighted by atomic mass is 14.9. The van der Waals surface area contributed by atoms with Crippen LogP contribution in [0.15, 0.2) is 0 Å². The van der Waals surface area contributed by atoms with Gasteiger partial charge >= 0.3 is 0 Å². The van der Waals surface area contributed by atoms with Crippen LogP contribution in [0.5, 0.6) is 0 Å². The van der Waals surface area contributed by atoms with Crippen molar-refractivity contribution in [3.8, 4) is 0 Å². The Morgan fingerprint density at radius 3 is 1.68 bits per heavy atom. The van der Waals surface area contributed by atoms with Crippen molar-refractivity contribution in [2.75, 3.05) is 6.54 Å². The van der Waals surface area contributed by atoms with Crippen LogP contribution in [0.3, 0.4) is 0 Å². The Morgan fingerprint density at radius 1 is 0.682 bits per heavy atom. The number of hydrogen-bond donors (Lipinski definition) is 1. The Hall–Kier alpha value is -0.0400. The summed E-state index contributed by atoms with van der Waals surface area (Å²) in [5.74, 6) is 0.970. The maximum Gasteiger partial charge on any atom is 0.00956 e. The zero-order chi connectivity index (χ0) is 15.9. The fourth-order valence-electron chi connectivity index (χ4n) is 4.03. The lowest BCUT2D eigenvalue weighted by Gasteiger charge is -2.17. The first-order valence-electron chi connectivity index (χ1n) is 10.6. The molecule has 1 fully saturated rings. The summed E-state index contributed by atoms with van der Waals surface area (Å²) in [7, 11) is 0. The van der Waals surface area contributed by atoms with Crippen LogP contribution in [0.2, 0.25) is 0 Å². The number of hydrogen-bond acceptors (Lipinski definition) is 1. The Labute approximate surface area is 141 Å². The van der Waals surface area contributed by atoms with Crippen LogP contribution < -0.4 is 5.32 Å². The van der Waals surface area contributed by atoms with Gasteiger partial charge in [-0.2, -0.15) is 0 Å². The van der Waals surface area contributed by atoms with E-state index in [-0.39, 0.29) is 0 Å². The minimum atomic E-state index is 0.845. The van der Waals surface area contributed by atoms with E-state index in [0.29, 0.717) is 0 Å². The van der Waals surface area contributed by atoms with Gasteiger partial charge in [0.1, 0.15) is 0 Å². The molecule has 0 amide bonds. The van der Waals surface area contributed by atoms with Crippen molar-refractivity contribution in [3.63, 3.8) is 0 Å². The molecule has 0 spiro atoms. The van der Waals surface area contributed by atoms with Crippen LogP contribution >= 0.6 is 0 Å². The van der Waals surface area contributed by atoms with E-state index in [2.05, 4.69) is 19.2 Å². The SMILES string of the molecule is CCCCCCCCCCCCCCCC1NCCC1CC.